The fourth-order valence-corrected chi connectivity index (χ4v) is 2.46. The summed E-state index contributed by atoms with van der Waals surface area (Å²) < 4.78 is 24.2. The van der Waals surface area contributed by atoms with Crippen molar-refractivity contribution in [3.63, 3.8) is 0 Å². The summed E-state index contributed by atoms with van der Waals surface area (Å²) in [4.78, 5) is 25.3. The van der Waals surface area contributed by atoms with Gasteiger partial charge >= 0.3 is 0 Å². The van der Waals surface area contributed by atoms with Crippen LogP contribution in [0.15, 0.2) is 42.5 Å². The van der Waals surface area contributed by atoms with Gasteiger partial charge < -0.3 is 19.7 Å². The largest absolute Gasteiger partial charge is 0.454 e. The molecule has 0 saturated heterocycles. The van der Waals surface area contributed by atoms with Gasteiger partial charge in [-0.1, -0.05) is 18.2 Å². The second-order valence-electron chi connectivity index (χ2n) is 5.58. The first-order chi connectivity index (χ1) is 12.0. The highest BCUT2D eigenvalue weighted by molar-refractivity contribution is 5.94. The van der Waals surface area contributed by atoms with Crippen molar-refractivity contribution < 1.29 is 23.5 Å². The van der Waals surface area contributed by atoms with Crippen LogP contribution in [0.1, 0.15) is 12.5 Å². The van der Waals surface area contributed by atoms with Gasteiger partial charge in [-0.05, 0) is 18.2 Å². The van der Waals surface area contributed by atoms with Crippen LogP contribution >= 0.6 is 0 Å². The van der Waals surface area contributed by atoms with Crippen LogP contribution in [0, 0.1) is 5.82 Å². The van der Waals surface area contributed by atoms with Gasteiger partial charge in [-0.15, -0.1) is 0 Å². The quantitative estimate of drug-likeness (QED) is 0.905. The van der Waals surface area contributed by atoms with E-state index in [0.29, 0.717) is 22.7 Å². The number of nitrogens with zero attached hydrogens (tertiary/aromatic N) is 1. The second-order valence-corrected chi connectivity index (χ2v) is 5.58. The number of benzene rings is 2. The van der Waals surface area contributed by atoms with E-state index in [1.54, 1.807) is 36.4 Å². The third kappa shape index (κ3) is 4.06. The van der Waals surface area contributed by atoms with Crippen LogP contribution in [-0.2, 0) is 16.1 Å². The summed E-state index contributed by atoms with van der Waals surface area (Å²) >= 11 is 0. The lowest BCUT2D eigenvalue weighted by molar-refractivity contribution is -0.133. The first-order valence-electron chi connectivity index (χ1n) is 7.71. The molecule has 0 atom stereocenters. The number of ether oxygens (including phenoxy) is 2. The van der Waals surface area contributed by atoms with Crippen molar-refractivity contribution in [3.8, 4) is 11.5 Å². The molecule has 1 N–H and O–H groups in total. The molecular formula is C18H17FN2O4. The highest BCUT2D eigenvalue weighted by Gasteiger charge is 2.18. The minimum Gasteiger partial charge on any atom is -0.454 e. The topological polar surface area (TPSA) is 67.9 Å². The summed E-state index contributed by atoms with van der Waals surface area (Å²) in [6.07, 6.45) is 0. The highest BCUT2D eigenvalue weighted by atomic mass is 19.1. The molecule has 1 heterocycles. The van der Waals surface area contributed by atoms with Gasteiger partial charge in [-0.3, -0.25) is 9.59 Å². The average Bonchev–Trinajstić information content (AvgIpc) is 3.03. The van der Waals surface area contributed by atoms with Crippen molar-refractivity contribution in [2.45, 2.75) is 13.5 Å². The van der Waals surface area contributed by atoms with Crippen molar-refractivity contribution in [1.29, 1.82) is 0 Å². The molecule has 25 heavy (non-hydrogen) atoms. The first-order valence-corrected chi connectivity index (χ1v) is 7.71. The second kappa shape index (κ2) is 7.21. The van der Waals surface area contributed by atoms with Crippen molar-refractivity contribution in [1.82, 2.24) is 4.90 Å². The van der Waals surface area contributed by atoms with E-state index in [4.69, 9.17) is 9.47 Å². The Hall–Kier alpha value is -3.09. The molecule has 1 aliphatic rings. The Labute approximate surface area is 144 Å². The zero-order valence-corrected chi connectivity index (χ0v) is 13.6. The molecule has 0 bridgehead atoms. The predicted molar refractivity (Wildman–Crippen MR) is 88.7 cm³/mol. The van der Waals surface area contributed by atoms with E-state index in [-0.39, 0.29) is 31.7 Å². The third-order valence-electron chi connectivity index (χ3n) is 3.76. The number of hydrogen-bond donors (Lipinski definition) is 1. The summed E-state index contributed by atoms with van der Waals surface area (Å²) in [5.74, 6) is 0.0509. The molecule has 2 aromatic carbocycles. The standard InChI is InChI=1S/C18H17FN2O4/c1-12(22)21(9-13-4-2-3-5-15(13)19)10-18(23)20-14-6-7-16-17(8-14)25-11-24-16/h2-8H,9-11H2,1H3,(H,20,23). The number of carbonyl (C=O) groups excluding carboxylic acids is 2. The third-order valence-corrected chi connectivity index (χ3v) is 3.76. The zero-order chi connectivity index (χ0) is 17.8. The lowest BCUT2D eigenvalue weighted by Crippen LogP contribution is -2.36. The Morgan fingerprint density at radius 2 is 1.92 bits per heavy atom. The van der Waals surface area contributed by atoms with Crippen LogP contribution in [-0.4, -0.2) is 30.1 Å². The van der Waals surface area contributed by atoms with E-state index in [9.17, 15) is 14.0 Å². The van der Waals surface area contributed by atoms with Crippen LogP contribution in [0.4, 0.5) is 10.1 Å². The van der Waals surface area contributed by atoms with Gasteiger partial charge in [-0.2, -0.15) is 0 Å². The molecule has 0 aromatic heterocycles. The van der Waals surface area contributed by atoms with Gasteiger partial charge in [0.15, 0.2) is 11.5 Å². The van der Waals surface area contributed by atoms with Crippen molar-refractivity contribution in [2.24, 2.45) is 0 Å². The Bertz CT molecular complexity index is 809. The summed E-state index contributed by atoms with van der Waals surface area (Å²) in [6.45, 7) is 1.33. The van der Waals surface area contributed by atoms with Gasteiger partial charge in [0.05, 0.1) is 0 Å². The van der Waals surface area contributed by atoms with E-state index in [1.807, 2.05) is 0 Å². The maximum Gasteiger partial charge on any atom is 0.244 e. The Morgan fingerprint density at radius 1 is 1.16 bits per heavy atom. The molecule has 2 aromatic rings. The van der Waals surface area contributed by atoms with E-state index < -0.39 is 5.82 Å². The van der Waals surface area contributed by atoms with Crippen molar-refractivity contribution in [3.05, 3.63) is 53.8 Å². The van der Waals surface area contributed by atoms with E-state index in [0.717, 1.165) is 0 Å². The smallest absolute Gasteiger partial charge is 0.244 e. The normalized spacial score (nSPS) is 11.9. The number of amides is 2. The fourth-order valence-electron chi connectivity index (χ4n) is 2.46. The fraction of sp³-hybridized carbons (Fsp3) is 0.222. The molecule has 0 spiro atoms. The van der Waals surface area contributed by atoms with E-state index in [1.165, 1.54) is 17.9 Å². The molecule has 0 saturated carbocycles. The summed E-state index contributed by atoms with van der Waals surface area (Å²) in [7, 11) is 0. The molecule has 0 radical (unpaired) electrons. The lowest BCUT2D eigenvalue weighted by Gasteiger charge is -2.21. The number of carbonyl (C=O) groups is 2. The molecule has 3 rings (SSSR count). The first kappa shape index (κ1) is 16.8. The summed E-state index contributed by atoms with van der Waals surface area (Å²) in [6, 6.07) is 11.2. The summed E-state index contributed by atoms with van der Waals surface area (Å²) in [5.41, 5.74) is 0.886. The van der Waals surface area contributed by atoms with Gasteiger partial charge in [0.1, 0.15) is 12.4 Å². The van der Waals surface area contributed by atoms with Crippen LogP contribution in [0.5, 0.6) is 11.5 Å². The number of hydrogen-bond acceptors (Lipinski definition) is 4. The van der Waals surface area contributed by atoms with Crippen molar-refractivity contribution in [2.75, 3.05) is 18.7 Å². The van der Waals surface area contributed by atoms with Crippen LogP contribution in [0.3, 0.4) is 0 Å². The van der Waals surface area contributed by atoms with Gasteiger partial charge in [0, 0.05) is 30.8 Å². The number of nitrogens with one attached hydrogen (secondary N) is 1. The summed E-state index contributed by atoms with van der Waals surface area (Å²) in [5, 5.41) is 2.70. The van der Waals surface area contributed by atoms with Crippen LogP contribution < -0.4 is 14.8 Å². The monoisotopic (exact) mass is 344 g/mol. The maximum absolute atomic E-state index is 13.8. The van der Waals surface area contributed by atoms with Gasteiger partial charge in [0.2, 0.25) is 18.6 Å². The number of anilines is 1. The molecule has 0 unspecified atom stereocenters. The van der Waals surface area contributed by atoms with Crippen molar-refractivity contribution >= 4 is 17.5 Å². The molecule has 0 aliphatic carbocycles. The Balaban J connectivity index is 1.65. The minimum atomic E-state index is -0.412. The average molecular weight is 344 g/mol. The SMILES string of the molecule is CC(=O)N(CC(=O)Nc1ccc2c(c1)OCO2)Cc1ccccc1F. The number of rotatable bonds is 5. The van der Waals surface area contributed by atoms with Crippen LogP contribution in [0.2, 0.25) is 0 Å². The molecule has 0 fully saturated rings. The highest BCUT2D eigenvalue weighted by Crippen LogP contribution is 2.34. The maximum atomic E-state index is 13.8. The molecule has 130 valence electrons. The van der Waals surface area contributed by atoms with E-state index >= 15 is 0 Å². The predicted octanol–water partition coefficient (Wildman–Crippen LogP) is 2.54. The van der Waals surface area contributed by atoms with Crippen LogP contribution in [0.25, 0.3) is 0 Å². The Morgan fingerprint density at radius 3 is 2.68 bits per heavy atom. The zero-order valence-electron chi connectivity index (χ0n) is 13.6. The van der Waals surface area contributed by atoms with Gasteiger partial charge in [-0.25, -0.2) is 4.39 Å². The molecule has 7 heteroatoms. The molecule has 6 nitrogen and oxygen atoms in total. The molecule has 1 aliphatic heterocycles. The van der Waals surface area contributed by atoms with Gasteiger partial charge in [0.25, 0.3) is 0 Å². The lowest BCUT2D eigenvalue weighted by atomic mass is 10.2. The molecule has 2 amide bonds. The number of halogens is 1. The molecular weight excluding hydrogens is 327 g/mol. The minimum absolute atomic E-state index is 0.0244. The Kier molecular flexibility index (Phi) is 4.83. The van der Waals surface area contributed by atoms with E-state index in [2.05, 4.69) is 5.32 Å². The number of fused-ring (bicyclic) bond motifs is 1.